The summed E-state index contributed by atoms with van der Waals surface area (Å²) in [4.78, 5) is 38.4. The van der Waals surface area contributed by atoms with Crippen molar-refractivity contribution >= 4 is 33.5 Å². The Balaban J connectivity index is 1.62. The lowest BCUT2D eigenvalue weighted by Gasteiger charge is -2.21. The van der Waals surface area contributed by atoms with Gasteiger partial charge >= 0.3 is 0 Å². The van der Waals surface area contributed by atoms with E-state index in [1.54, 1.807) is 30.2 Å². The minimum absolute atomic E-state index is 0.173. The van der Waals surface area contributed by atoms with Crippen LogP contribution in [0, 0.1) is 13.8 Å². The van der Waals surface area contributed by atoms with Gasteiger partial charge in [-0.2, -0.15) is 0 Å². The van der Waals surface area contributed by atoms with Crippen molar-refractivity contribution < 1.29 is 9.21 Å². The third kappa shape index (κ3) is 3.12. The van der Waals surface area contributed by atoms with E-state index in [1.165, 1.54) is 10.9 Å². The molecule has 1 fully saturated rings. The lowest BCUT2D eigenvalue weighted by Crippen LogP contribution is -2.36. The molecule has 1 aliphatic heterocycles. The highest BCUT2D eigenvalue weighted by Gasteiger charge is 2.28. The maximum Gasteiger partial charge on any atom is 0.265 e. The number of anilines is 1. The molecule has 0 atom stereocenters. The van der Waals surface area contributed by atoms with E-state index in [1.807, 2.05) is 12.3 Å². The topological polar surface area (TPSA) is 84.5 Å². The lowest BCUT2D eigenvalue weighted by molar-refractivity contribution is 0.0767. The van der Waals surface area contributed by atoms with Crippen molar-refractivity contribution in [3.63, 3.8) is 0 Å². The first-order valence-corrected chi connectivity index (χ1v) is 9.74. The van der Waals surface area contributed by atoms with Gasteiger partial charge < -0.3 is 18.8 Å². The van der Waals surface area contributed by atoms with Gasteiger partial charge in [0.15, 0.2) is 5.13 Å². The van der Waals surface area contributed by atoms with E-state index in [9.17, 15) is 9.59 Å². The lowest BCUT2D eigenvalue weighted by atomic mass is 10.1. The van der Waals surface area contributed by atoms with Crippen molar-refractivity contribution in [2.45, 2.75) is 20.3 Å². The van der Waals surface area contributed by atoms with Crippen LogP contribution in [0.25, 0.3) is 11.1 Å². The van der Waals surface area contributed by atoms with E-state index in [0.717, 1.165) is 23.8 Å². The number of hydrogen-bond donors (Lipinski definition) is 0. The van der Waals surface area contributed by atoms with Crippen molar-refractivity contribution in [1.29, 1.82) is 0 Å². The quantitative estimate of drug-likeness (QED) is 0.668. The van der Waals surface area contributed by atoms with E-state index < -0.39 is 0 Å². The predicted molar refractivity (Wildman–Crippen MR) is 104 cm³/mol. The predicted octanol–water partition coefficient (Wildman–Crippen LogP) is 1.95. The normalized spacial score (nSPS) is 15.4. The van der Waals surface area contributed by atoms with E-state index >= 15 is 0 Å². The van der Waals surface area contributed by atoms with Crippen molar-refractivity contribution in [2.75, 3.05) is 31.1 Å². The summed E-state index contributed by atoms with van der Waals surface area (Å²) in [7, 11) is 1.62. The molecule has 8 nitrogen and oxygen atoms in total. The third-order valence-corrected chi connectivity index (χ3v) is 5.84. The number of thiazole rings is 1. The van der Waals surface area contributed by atoms with Crippen LogP contribution in [-0.4, -0.2) is 51.5 Å². The van der Waals surface area contributed by atoms with Crippen LogP contribution in [0.3, 0.4) is 0 Å². The summed E-state index contributed by atoms with van der Waals surface area (Å²) in [5, 5.41) is 3.29. The van der Waals surface area contributed by atoms with Crippen LogP contribution in [0.15, 0.2) is 20.9 Å². The molecule has 3 aromatic heterocycles. The fourth-order valence-corrected chi connectivity index (χ4v) is 4.26. The standard InChI is InChI=1S/C18H21N5O3S/c1-11-9-27-18(20-11)23-6-4-5-22(7-8-23)17(25)13-12(2)26-15-14(13)16(24)21(3)10-19-15/h9-10H,4-8H2,1-3H3. The maximum atomic E-state index is 13.2. The Labute approximate surface area is 160 Å². The Hall–Kier alpha value is -2.68. The molecule has 4 rings (SSSR count). The summed E-state index contributed by atoms with van der Waals surface area (Å²) < 4.78 is 6.94. The average molecular weight is 387 g/mol. The number of amides is 1. The average Bonchev–Trinajstić information content (AvgIpc) is 3.12. The van der Waals surface area contributed by atoms with Crippen LogP contribution in [0.1, 0.15) is 28.2 Å². The highest BCUT2D eigenvalue weighted by molar-refractivity contribution is 7.13. The number of aromatic nitrogens is 3. The number of nitrogens with zero attached hydrogens (tertiary/aromatic N) is 5. The molecule has 3 aromatic rings. The van der Waals surface area contributed by atoms with Crippen molar-refractivity contribution in [2.24, 2.45) is 7.05 Å². The van der Waals surface area contributed by atoms with Crippen LogP contribution >= 0.6 is 11.3 Å². The fraction of sp³-hybridized carbons (Fsp3) is 0.444. The summed E-state index contributed by atoms with van der Waals surface area (Å²) >= 11 is 1.62. The van der Waals surface area contributed by atoms with Gasteiger partial charge in [-0.15, -0.1) is 11.3 Å². The van der Waals surface area contributed by atoms with Crippen LogP contribution in [0.4, 0.5) is 5.13 Å². The summed E-state index contributed by atoms with van der Waals surface area (Å²) in [6, 6.07) is 0. The number of carbonyl (C=O) groups excluding carboxylic acids is 1. The zero-order valence-corrected chi connectivity index (χ0v) is 16.4. The molecule has 27 heavy (non-hydrogen) atoms. The summed E-state index contributed by atoms with van der Waals surface area (Å²) in [6.07, 6.45) is 2.25. The van der Waals surface area contributed by atoms with E-state index in [4.69, 9.17) is 4.42 Å². The highest BCUT2D eigenvalue weighted by Crippen LogP contribution is 2.25. The van der Waals surface area contributed by atoms with Gasteiger partial charge in [0.1, 0.15) is 17.5 Å². The SMILES string of the molecule is Cc1csc(N2CCCN(C(=O)c3c(C)oc4ncn(C)c(=O)c34)CC2)n1. The number of rotatable bonds is 2. The second kappa shape index (κ2) is 6.80. The maximum absolute atomic E-state index is 13.2. The van der Waals surface area contributed by atoms with Crippen LogP contribution in [-0.2, 0) is 7.05 Å². The monoisotopic (exact) mass is 387 g/mol. The van der Waals surface area contributed by atoms with Gasteiger partial charge in [-0.3, -0.25) is 9.59 Å². The van der Waals surface area contributed by atoms with Gasteiger partial charge in [-0.1, -0.05) is 0 Å². The molecule has 1 saturated heterocycles. The Morgan fingerprint density at radius 1 is 1.22 bits per heavy atom. The van der Waals surface area contributed by atoms with Gasteiger partial charge in [-0.05, 0) is 20.3 Å². The number of carbonyl (C=O) groups is 1. The summed E-state index contributed by atoms with van der Waals surface area (Å²) in [6.45, 7) is 6.46. The van der Waals surface area contributed by atoms with Crippen LogP contribution in [0.2, 0.25) is 0 Å². The van der Waals surface area contributed by atoms with E-state index in [2.05, 4.69) is 14.9 Å². The van der Waals surface area contributed by atoms with Crippen molar-refractivity contribution in [3.8, 4) is 0 Å². The van der Waals surface area contributed by atoms with E-state index in [-0.39, 0.29) is 22.6 Å². The second-order valence-corrected chi connectivity index (χ2v) is 7.61. The highest BCUT2D eigenvalue weighted by atomic mass is 32.1. The number of hydrogen-bond acceptors (Lipinski definition) is 7. The Morgan fingerprint density at radius 3 is 2.78 bits per heavy atom. The third-order valence-electron chi connectivity index (χ3n) is 4.82. The zero-order chi connectivity index (χ0) is 19.1. The number of fused-ring (bicyclic) bond motifs is 1. The first kappa shape index (κ1) is 17.7. The molecular formula is C18H21N5O3S. The van der Waals surface area contributed by atoms with Gasteiger partial charge in [0, 0.05) is 38.6 Å². The molecule has 142 valence electrons. The Bertz CT molecular complexity index is 1070. The number of furan rings is 1. The molecule has 0 spiro atoms. The molecule has 0 radical (unpaired) electrons. The summed E-state index contributed by atoms with van der Waals surface area (Å²) in [5.41, 5.74) is 1.29. The first-order valence-electron chi connectivity index (χ1n) is 8.87. The first-order chi connectivity index (χ1) is 13.0. The molecular weight excluding hydrogens is 366 g/mol. The molecule has 0 unspecified atom stereocenters. The second-order valence-electron chi connectivity index (χ2n) is 6.78. The van der Waals surface area contributed by atoms with Gasteiger partial charge in [0.05, 0.1) is 11.3 Å². The molecule has 1 amide bonds. The Kier molecular flexibility index (Phi) is 4.47. The number of aryl methyl sites for hydroxylation is 3. The van der Waals surface area contributed by atoms with Gasteiger partial charge in [0.2, 0.25) is 5.71 Å². The summed E-state index contributed by atoms with van der Waals surface area (Å²) in [5.74, 6) is 0.260. The molecule has 0 N–H and O–H groups in total. The van der Waals surface area contributed by atoms with Crippen molar-refractivity contribution in [1.82, 2.24) is 19.4 Å². The fourth-order valence-electron chi connectivity index (χ4n) is 3.40. The molecule has 9 heteroatoms. The molecule has 0 saturated carbocycles. The molecule has 0 aromatic carbocycles. The van der Waals surface area contributed by atoms with E-state index in [0.29, 0.717) is 31.0 Å². The molecule has 1 aliphatic rings. The molecule has 0 aliphatic carbocycles. The van der Waals surface area contributed by atoms with Crippen LogP contribution < -0.4 is 10.5 Å². The smallest absolute Gasteiger partial charge is 0.265 e. The Morgan fingerprint density at radius 2 is 2.04 bits per heavy atom. The molecule has 4 heterocycles. The van der Waals surface area contributed by atoms with Gasteiger partial charge in [-0.25, -0.2) is 9.97 Å². The largest absolute Gasteiger partial charge is 0.442 e. The zero-order valence-electron chi connectivity index (χ0n) is 15.6. The minimum atomic E-state index is -0.269. The van der Waals surface area contributed by atoms with Crippen LogP contribution in [0.5, 0.6) is 0 Å². The van der Waals surface area contributed by atoms with Gasteiger partial charge in [0.25, 0.3) is 11.5 Å². The van der Waals surface area contributed by atoms with Crippen molar-refractivity contribution in [3.05, 3.63) is 39.1 Å². The minimum Gasteiger partial charge on any atom is -0.442 e. The molecule has 0 bridgehead atoms.